The largest absolute Gasteiger partial charge is 2.00 e. The third-order valence-corrected chi connectivity index (χ3v) is 2.14. The Balaban J connectivity index is -0.0000000963. The number of likely N-dealkylation sites (N-methyl/N-ethyl adjacent to an activating group) is 1. The number of carbonyl (C=O) groups is 3. The van der Waals surface area contributed by atoms with Crippen LogP contribution in [0.25, 0.3) is 0 Å². The SMILES string of the molecule is C[N+](C)(C)CCO.NC[C-]=O.O=C(O)CC(O)(CC(=O)O)C(=O)O.[CH3-].[Fe+2]. The van der Waals surface area contributed by atoms with Crippen LogP contribution in [-0.4, -0.2) is 101 Å². The molecule has 156 valence electrons. The van der Waals surface area contributed by atoms with E-state index in [1.165, 1.54) is 6.29 Å². The van der Waals surface area contributed by atoms with Crippen LogP contribution in [0, 0.1) is 7.43 Å². The summed E-state index contributed by atoms with van der Waals surface area (Å²) in [6.07, 6.45) is -0.830. The van der Waals surface area contributed by atoms with Crippen molar-refractivity contribution in [2.75, 3.05) is 40.8 Å². The first kappa shape index (κ1) is 35.5. The summed E-state index contributed by atoms with van der Waals surface area (Å²) in [6.45, 7) is 1.13. The van der Waals surface area contributed by atoms with Gasteiger partial charge in [-0.1, -0.05) is 0 Å². The van der Waals surface area contributed by atoms with Crippen LogP contribution in [-0.2, 0) is 36.2 Å². The number of aliphatic hydroxyl groups is 2. The standard InChI is InChI=1S/C6H8O7.C5H14NO.C2H4NO.CH3.Fe/c7-3(8)1-6(13,5(11)12)2-4(9)10;1-6(2,3)4-5-7;3-1-2-4;;/h13H,1-2H2,(H,7,8)(H,9,10)(H,11,12);7H,4-5H2,1-3H3;1,3H2;1H3;/q;+1;2*-1;+2. The number of nitrogens with zero attached hydrogens (tertiary/aromatic N) is 1. The molecule has 0 unspecified atom stereocenters. The molecule has 0 aromatic carbocycles. The van der Waals surface area contributed by atoms with Crippen LogP contribution in [0.3, 0.4) is 0 Å². The van der Waals surface area contributed by atoms with Gasteiger partial charge >= 0.3 is 35.0 Å². The van der Waals surface area contributed by atoms with Gasteiger partial charge in [0.05, 0.1) is 40.6 Å². The van der Waals surface area contributed by atoms with Crippen molar-refractivity contribution in [3.63, 3.8) is 0 Å². The maximum absolute atomic E-state index is 10.3. The Bertz CT molecular complexity index is 396. The van der Waals surface area contributed by atoms with Gasteiger partial charge in [0.1, 0.15) is 6.54 Å². The molecule has 0 aromatic rings. The number of hydrogen-bond donors (Lipinski definition) is 6. The molecule has 0 aliphatic carbocycles. The van der Waals surface area contributed by atoms with Crippen molar-refractivity contribution in [2.24, 2.45) is 5.73 Å². The Morgan fingerprint density at radius 2 is 1.35 bits per heavy atom. The normalized spacial score (nSPS) is 9.62. The molecule has 0 bridgehead atoms. The van der Waals surface area contributed by atoms with Gasteiger partial charge in [-0.15, -0.1) is 6.54 Å². The van der Waals surface area contributed by atoms with Gasteiger partial charge in [0.2, 0.25) is 0 Å². The molecule has 0 atom stereocenters. The molecule has 0 aromatic heterocycles. The van der Waals surface area contributed by atoms with E-state index in [4.69, 9.17) is 30.3 Å². The minimum absolute atomic E-state index is 0. The van der Waals surface area contributed by atoms with Crippen molar-refractivity contribution < 1.29 is 66.3 Å². The number of quaternary nitrogens is 1. The number of aliphatic hydroxyl groups excluding tert-OH is 1. The van der Waals surface area contributed by atoms with E-state index in [1.807, 2.05) is 0 Å². The molecule has 0 aliphatic heterocycles. The fraction of sp³-hybridized carbons (Fsp3) is 0.643. The first-order valence-electron chi connectivity index (χ1n) is 6.61. The molecule has 26 heavy (non-hydrogen) atoms. The van der Waals surface area contributed by atoms with Gasteiger partial charge in [-0.2, -0.15) is 0 Å². The third-order valence-electron chi connectivity index (χ3n) is 2.14. The molecular weight excluding hydrogens is 396 g/mol. The third kappa shape index (κ3) is 27.3. The van der Waals surface area contributed by atoms with Gasteiger partial charge in [-0.25, -0.2) is 4.79 Å². The first-order valence-corrected chi connectivity index (χ1v) is 6.61. The second-order valence-electron chi connectivity index (χ2n) is 5.56. The van der Waals surface area contributed by atoms with Gasteiger partial charge in [-0.05, 0) is 0 Å². The molecule has 0 spiro atoms. The van der Waals surface area contributed by atoms with Gasteiger partial charge in [0.15, 0.2) is 5.60 Å². The van der Waals surface area contributed by atoms with E-state index in [9.17, 15) is 14.4 Å². The molecule has 7 N–H and O–H groups in total. The van der Waals surface area contributed by atoms with Gasteiger partial charge < -0.3 is 48.0 Å². The van der Waals surface area contributed by atoms with Crippen molar-refractivity contribution in [1.29, 1.82) is 0 Å². The van der Waals surface area contributed by atoms with Crippen molar-refractivity contribution in [1.82, 2.24) is 0 Å². The number of rotatable bonds is 8. The molecule has 11 nitrogen and oxygen atoms in total. The minimum Gasteiger partial charge on any atom is -0.541 e. The van der Waals surface area contributed by atoms with Crippen LogP contribution in [0.15, 0.2) is 0 Å². The van der Waals surface area contributed by atoms with Gasteiger partial charge in [0, 0.05) is 0 Å². The fourth-order valence-electron chi connectivity index (χ4n) is 1.01. The zero-order valence-corrected chi connectivity index (χ0v) is 16.4. The van der Waals surface area contributed by atoms with Crippen LogP contribution < -0.4 is 5.73 Å². The Labute approximate surface area is 163 Å². The average Bonchev–Trinajstić information content (AvgIpc) is 2.36. The molecule has 0 radical (unpaired) electrons. The second kappa shape index (κ2) is 18.2. The van der Waals surface area contributed by atoms with E-state index >= 15 is 0 Å². The summed E-state index contributed by atoms with van der Waals surface area (Å²) in [6, 6.07) is 0. The molecule has 0 amide bonds. The maximum atomic E-state index is 10.3. The Kier molecular flexibility index (Phi) is 24.9. The summed E-state index contributed by atoms with van der Waals surface area (Å²) < 4.78 is 0.844. The zero-order chi connectivity index (χ0) is 20.0. The molecule has 0 saturated carbocycles. The van der Waals surface area contributed by atoms with Crippen molar-refractivity contribution in [3.8, 4) is 0 Å². The summed E-state index contributed by atoms with van der Waals surface area (Å²) in [7, 11) is 6.16. The average molecular weight is 425 g/mol. The number of aliphatic carboxylic acids is 3. The maximum Gasteiger partial charge on any atom is 2.00 e. The number of carboxylic acid groups (broad SMARTS) is 3. The van der Waals surface area contributed by atoms with Gasteiger partial charge in [0.25, 0.3) is 0 Å². The van der Waals surface area contributed by atoms with Crippen LogP contribution >= 0.6 is 0 Å². The van der Waals surface area contributed by atoms with E-state index in [0.29, 0.717) is 0 Å². The van der Waals surface area contributed by atoms with Crippen LogP contribution in [0.1, 0.15) is 12.8 Å². The van der Waals surface area contributed by atoms with E-state index in [0.717, 1.165) is 11.0 Å². The molecule has 0 fully saturated rings. The number of hydrogen-bond acceptors (Lipinski definition) is 7. The molecule has 12 heteroatoms. The van der Waals surface area contributed by atoms with Crippen molar-refractivity contribution in [2.45, 2.75) is 18.4 Å². The Hall–Kier alpha value is -1.56. The topological polar surface area (TPSA) is 195 Å². The quantitative estimate of drug-likeness (QED) is 0.143. The summed E-state index contributed by atoms with van der Waals surface area (Å²) in [5.74, 6) is -5.02. The summed E-state index contributed by atoms with van der Waals surface area (Å²) in [5.41, 5.74) is 1.87. The Morgan fingerprint density at radius 3 is 1.42 bits per heavy atom. The fourth-order valence-corrected chi connectivity index (χ4v) is 1.01. The van der Waals surface area contributed by atoms with Crippen LogP contribution in [0.5, 0.6) is 0 Å². The number of nitrogens with two attached hydrogens (primary N) is 1. The van der Waals surface area contributed by atoms with Crippen molar-refractivity contribution in [3.05, 3.63) is 7.43 Å². The van der Waals surface area contributed by atoms with Gasteiger partial charge in [-0.3, -0.25) is 15.9 Å². The summed E-state index contributed by atoms with van der Waals surface area (Å²) in [4.78, 5) is 39.4. The van der Waals surface area contributed by atoms with Crippen LogP contribution in [0.4, 0.5) is 0 Å². The van der Waals surface area contributed by atoms with E-state index < -0.39 is 36.4 Å². The van der Waals surface area contributed by atoms with Crippen molar-refractivity contribution >= 4 is 24.2 Å². The van der Waals surface area contributed by atoms with E-state index in [-0.39, 0.29) is 37.6 Å². The number of carbonyl (C=O) groups excluding carboxylic acids is 1. The Morgan fingerprint density at radius 1 is 1.04 bits per heavy atom. The monoisotopic (exact) mass is 425 g/mol. The predicted molar refractivity (Wildman–Crippen MR) is 88.2 cm³/mol. The molecular formula is C14H29FeN2O9+. The predicted octanol–water partition coefficient (Wildman–Crippen LogP) is -2.06. The molecule has 0 aliphatic rings. The summed E-state index contributed by atoms with van der Waals surface area (Å²) in [5, 5.41) is 42.2. The first-order chi connectivity index (χ1) is 10.8. The minimum atomic E-state index is -2.74. The molecule has 0 saturated heterocycles. The van der Waals surface area contributed by atoms with E-state index in [2.05, 4.69) is 26.9 Å². The molecule has 0 rings (SSSR count). The summed E-state index contributed by atoms with van der Waals surface area (Å²) >= 11 is 0. The second-order valence-corrected chi connectivity index (χ2v) is 5.56. The van der Waals surface area contributed by atoms with E-state index in [1.54, 1.807) is 0 Å². The van der Waals surface area contributed by atoms with Crippen LogP contribution in [0.2, 0.25) is 0 Å². The zero-order valence-electron chi connectivity index (χ0n) is 15.3. The number of carboxylic acids is 3. The molecule has 0 heterocycles. The smallest absolute Gasteiger partial charge is 0.541 e.